The first-order valence-corrected chi connectivity index (χ1v) is 13.8. The molecule has 0 aliphatic heterocycles. The quantitative estimate of drug-likeness (QED) is 0.445. The van der Waals surface area contributed by atoms with Gasteiger partial charge in [0.05, 0.1) is 5.38 Å². The fourth-order valence-corrected chi connectivity index (χ4v) is 7.36. The average molecular weight is 403 g/mol. The molecule has 1 aromatic heterocycles. The third-order valence-corrected chi connectivity index (χ3v) is 13.3. The van der Waals surface area contributed by atoms with Gasteiger partial charge in [0, 0.05) is 16.5 Å². The van der Waals surface area contributed by atoms with E-state index in [0.29, 0.717) is 5.76 Å². The van der Waals surface area contributed by atoms with Crippen molar-refractivity contribution in [1.82, 2.24) is 0 Å². The molecule has 3 aromatic rings. The number of fused-ring (bicyclic) bond motifs is 3. The van der Waals surface area contributed by atoms with Gasteiger partial charge in [-0.1, -0.05) is 65.1 Å². The van der Waals surface area contributed by atoms with Gasteiger partial charge in [-0.3, -0.25) is 4.79 Å². The Labute approximate surface area is 174 Å². The lowest BCUT2D eigenvalue weighted by molar-refractivity contribution is 0.0999. The molecule has 1 heterocycles. The van der Waals surface area contributed by atoms with Crippen LogP contribution in [0.4, 0.5) is 0 Å². The van der Waals surface area contributed by atoms with Crippen LogP contribution in [0, 0.1) is 0 Å². The maximum absolute atomic E-state index is 13.6. The Kier molecular flexibility index (Phi) is 3.72. The molecule has 0 spiro atoms. The summed E-state index contributed by atoms with van der Waals surface area (Å²) in [7, 11) is -1.89. The molecule has 0 N–H and O–H groups in total. The van der Waals surface area contributed by atoms with Crippen molar-refractivity contribution in [2.75, 3.05) is 0 Å². The van der Waals surface area contributed by atoms with E-state index in [9.17, 15) is 4.79 Å². The molecule has 0 radical (unpaired) electrons. The highest BCUT2D eigenvalue weighted by Gasteiger charge is 2.51. The third-order valence-electron chi connectivity index (χ3n) is 8.04. The number of carbonyl (C=O) groups is 1. The third kappa shape index (κ3) is 2.37. The average Bonchev–Trinajstić information content (AvgIpc) is 3.07. The summed E-state index contributed by atoms with van der Waals surface area (Å²) in [6, 6.07) is 12.7. The fourth-order valence-electron chi connectivity index (χ4n) is 5.31. The summed E-state index contributed by atoms with van der Waals surface area (Å²) in [5.41, 5.74) is 4.45. The van der Waals surface area contributed by atoms with Crippen LogP contribution >= 0.6 is 0 Å². The molecule has 0 saturated carbocycles. The predicted octanol–water partition coefficient (Wildman–Crippen LogP) is 6.34. The van der Waals surface area contributed by atoms with Crippen LogP contribution in [0.5, 0.6) is 0 Å². The van der Waals surface area contributed by atoms with Gasteiger partial charge in [0.2, 0.25) is 5.78 Å². The van der Waals surface area contributed by atoms with E-state index in [1.54, 1.807) is 0 Å². The van der Waals surface area contributed by atoms with E-state index in [1.165, 1.54) is 22.1 Å². The van der Waals surface area contributed by atoms with Gasteiger partial charge in [-0.05, 0) is 58.3 Å². The van der Waals surface area contributed by atoms with E-state index >= 15 is 0 Å². The first-order chi connectivity index (χ1) is 13.6. The smallest absolute Gasteiger partial charge is 0.228 e. The van der Waals surface area contributed by atoms with Crippen LogP contribution in [0.1, 0.15) is 73.3 Å². The first kappa shape index (κ1) is 18.9. The second-order valence-electron chi connectivity index (χ2n) is 10.7. The van der Waals surface area contributed by atoms with Gasteiger partial charge in [-0.2, -0.15) is 0 Å². The SMILES string of the molecule is CC12CCCc3c([Si](C)(C)C(C)(C)C)oc(c31)C(=O)c1cc3ccccc3cc12. The van der Waals surface area contributed by atoms with Crippen LogP contribution in [0.25, 0.3) is 10.8 Å². The van der Waals surface area contributed by atoms with Crippen molar-refractivity contribution in [2.24, 2.45) is 0 Å². The van der Waals surface area contributed by atoms with Gasteiger partial charge in [0.15, 0.2) is 5.76 Å². The Hall–Kier alpha value is -2.13. The summed E-state index contributed by atoms with van der Waals surface area (Å²) in [5.74, 6) is 0.705. The highest BCUT2D eigenvalue weighted by molar-refractivity contribution is 6.91. The van der Waals surface area contributed by atoms with Gasteiger partial charge in [-0.15, -0.1) is 0 Å². The maximum atomic E-state index is 13.6. The van der Waals surface area contributed by atoms with Crippen LogP contribution in [-0.2, 0) is 11.8 Å². The minimum absolute atomic E-state index is 0.0753. The van der Waals surface area contributed by atoms with Crippen molar-refractivity contribution in [3.63, 3.8) is 0 Å². The number of carbonyl (C=O) groups excluding carboxylic acids is 1. The van der Waals surface area contributed by atoms with Gasteiger partial charge in [0.1, 0.15) is 8.07 Å². The Morgan fingerprint density at radius 2 is 1.72 bits per heavy atom. The van der Waals surface area contributed by atoms with Crippen LogP contribution < -0.4 is 5.38 Å². The minimum atomic E-state index is -1.89. The van der Waals surface area contributed by atoms with Crippen molar-refractivity contribution in [3.05, 3.63) is 64.4 Å². The fraction of sp³-hybridized carbons (Fsp3) is 0.423. The summed E-state index contributed by atoms with van der Waals surface area (Å²) in [4.78, 5) is 13.6. The van der Waals surface area contributed by atoms with Crippen LogP contribution in [-0.4, -0.2) is 13.9 Å². The number of ketones is 1. The molecule has 0 fully saturated rings. The molecule has 0 bridgehead atoms. The zero-order valence-corrected chi connectivity index (χ0v) is 19.4. The minimum Gasteiger partial charge on any atom is -0.462 e. The standard InChI is InChI=1S/C26H30O2Si/c1-25(2,3)29(5,6)24-18-12-9-13-26(4)20-15-17-11-8-7-10-16(17)14-19(20)22(27)23(28-24)21(18)26/h7-8,10-11,14-15H,9,12-13H2,1-6H3. The molecule has 2 aliphatic carbocycles. The van der Waals surface area contributed by atoms with Gasteiger partial charge in [-0.25, -0.2) is 0 Å². The van der Waals surface area contributed by atoms with E-state index < -0.39 is 8.07 Å². The first-order valence-electron chi connectivity index (χ1n) is 10.8. The molecule has 1 unspecified atom stereocenters. The molecule has 5 rings (SSSR count). The summed E-state index contributed by atoms with van der Waals surface area (Å²) in [5, 5.41) is 3.66. The lowest BCUT2D eigenvalue weighted by atomic mass is 9.63. The monoisotopic (exact) mass is 402 g/mol. The van der Waals surface area contributed by atoms with Crippen molar-refractivity contribution in [2.45, 2.75) is 70.5 Å². The number of hydrogen-bond donors (Lipinski definition) is 0. The molecule has 2 nitrogen and oxygen atoms in total. The zero-order chi connectivity index (χ0) is 20.8. The van der Waals surface area contributed by atoms with Crippen molar-refractivity contribution in [3.8, 4) is 0 Å². The van der Waals surface area contributed by atoms with Crippen molar-refractivity contribution >= 4 is 30.0 Å². The molecular weight excluding hydrogens is 372 g/mol. The number of furan rings is 1. The number of rotatable bonds is 1. The summed E-state index contributed by atoms with van der Waals surface area (Å²) in [6.45, 7) is 14.1. The van der Waals surface area contributed by atoms with E-state index in [-0.39, 0.29) is 16.2 Å². The Balaban J connectivity index is 1.83. The van der Waals surface area contributed by atoms with Crippen LogP contribution in [0.2, 0.25) is 18.1 Å². The Bertz CT molecular complexity index is 1180. The van der Waals surface area contributed by atoms with Gasteiger partial charge < -0.3 is 4.42 Å². The molecule has 150 valence electrons. The Morgan fingerprint density at radius 3 is 2.38 bits per heavy atom. The normalized spacial score (nSPS) is 21.2. The molecule has 29 heavy (non-hydrogen) atoms. The molecule has 1 atom stereocenters. The largest absolute Gasteiger partial charge is 0.462 e. The van der Waals surface area contributed by atoms with Gasteiger partial charge in [0.25, 0.3) is 0 Å². The van der Waals surface area contributed by atoms with E-state index in [2.05, 4.69) is 71.1 Å². The van der Waals surface area contributed by atoms with Gasteiger partial charge >= 0.3 is 0 Å². The zero-order valence-electron chi connectivity index (χ0n) is 18.4. The van der Waals surface area contributed by atoms with E-state index in [0.717, 1.165) is 35.6 Å². The summed E-state index contributed by atoms with van der Waals surface area (Å²) < 4.78 is 6.59. The summed E-state index contributed by atoms with van der Waals surface area (Å²) >= 11 is 0. The number of benzene rings is 2. The van der Waals surface area contributed by atoms with E-state index in [1.807, 2.05) is 6.07 Å². The number of hydrogen-bond acceptors (Lipinski definition) is 2. The lowest BCUT2D eigenvalue weighted by Gasteiger charge is -2.40. The van der Waals surface area contributed by atoms with Crippen LogP contribution in [0.15, 0.2) is 40.8 Å². The van der Waals surface area contributed by atoms with Crippen molar-refractivity contribution < 1.29 is 9.21 Å². The van der Waals surface area contributed by atoms with Crippen molar-refractivity contribution in [1.29, 1.82) is 0 Å². The molecule has 3 heteroatoms. The molecule has 2 aliphatic rings. The topological polar surface area (TPSA) is 30.2 Å². The highest BCUT2D eigenvalue weighted by Crippen LogP contribution is 2.51. The molecular formula is C26H30O2Si. The Morgan fingerprint density at radius 1 is 1.07 bits per heavy atom. The summed E-state index contributed by atoms with van der Waals surface area (Å²) in [6.07, 6.45) is 3.25. The molecule has 0 amide bonds. The highest BCUT2D eigenvalue weighted by atomic mass is 28.3. The molecule has 2 aromatic carbocycles. The molecule has 0 saturated heterocycles. The second-order valence-corrected chi connectivity index (χ2v) is 16.0. The second kappa shape index (κ2) is 5.72. The maximum Gasteiger partial charge on any atom is 0.228 e. The van der Waals surface area contributed by atoms with E-state index in [4.69, 9.17) is 4.42 Å². The van der Waals surface area contributed by atoms with Crippen LogP contribution in [0.3, 0.4) is 0 Å². The predicted molar refractivity (Wildman–Crippen MR) is 122 cm³/mol. The lowest BCUT2D eigenvalue weighted by Crippen LogP contribution is -2.50.